The van der Waals surface area contributed by atoms with E-state index in [1.807, 2.05) is 0 Å². The first-order valence-corrected chi connectivity index (χ1v) is 5.65. The van der Waals surface area contributed by atoms with E-state index in [9.17, 15) is 14.9 Å². The lowest BCUT2D eigenvalue weighted by Gasteiger charge is -2.06. The summed E-state index contributed by atoms with van der Waals surface area (Å²) in [4.78, 5) is 25.7. The van der Waals surface area contributed by atoms with Crippen molar-refractivity contribution in [3.8, 4) is 0 Å². The number of pyridine rings is 1. The van der Waals surface area contributed by atoms with E-state index in [0.717, 1.165) is 19.0 Å². The van der Waals surface area contributed by atoms with E-state index < -0.39 is 4.92 Å². The van der Waals surface area contributed by atoms with Gasteiger partial charge in [-0.15, -0.1) is 0 Å². The van der Waals surface area contributed by atoms with Crippen molar-refractivity contribution in [1.29, 1.82) is 0 Å². The maximum atomic E-state index is 11.8. The summed E-state index contributed by atoms with van der Waals surface area (Å²) in [5.41, 5.74) is 5.85. The first-order chi connectivity index (χ1) is 8.56. The molecule has 98 valence electrons. The minimum Gasteiger partial charge on any atom is -0.352 e. The topological polar surface area (TPSA) is 111 Å². The van der Waals surface area contributed by atoms with Crippen molar-refractivity contribution >= 4 is 11.6 Å². The molecule has 1 heterocycles. The van der Waals surface area contributed by atoms with Crippen LogP contribution in [0.3, 0.4) is 0 Å². The third-order valence-electron chi connectivity index (χ3n) is 2.44. The monoisotopic (exact) mass is 252 g/mol. The third-order valence-corrected chi connectivity index (χ3v) is 2.44. The predicted octanol–water partition coefficient (Wildman–Crippen LogP) is 0.767. The summed E-state index contributed by atoms with van der Waals surface area (Å²) in [6, 6.07) is 1.24. The normalized spacial score (nSPS) is 10.1. The molecule has 7 heteroatoms. The number of nitrogens with zero attached hydrogens (tertiary/aromatic N) is 2. The van der Waals surface area contributed by atoms with Crippen LogP contribution in [0, 0.1) is 17.0 Å². The maximum Gasteiger partial charge on any atom is 0.288 e. The van der Waals surface area contributed by atoms with Crippen molar-refractivity contribution in [1.82, 2.24) is 10.3 Å². The summed E-state index contributed by atoms with van der Waals surface area (Å²) in [5.74, 6) is -0.347. The van der Waals surface area contributed by atoms with E-state index in [1.54, 1.807) is 6.92 Å². The largest absolute Gasteiger partial charge is 0.352 e. The fourth-order valence-electron chi connectivity index (χ4n) is 1.42. The smallest absolute Gasteiger partial charge is 0.288 e. The van der Waals surface area contributed by atoms with E-state index in [0.29, 0.717) is 18.8 Å². The van der Waals surface area contributed by atoms with E-state index in [-0.39, 0.29) is 17.2 Å². The molecule has 0 unspecified atom stereocenters. The molecule has 0 fully saturated rings. The Bertz CT molecular complexity index is 448. The number of unbranched alkanes of at least 4 members (excludes halogenated alkanes) is 1. The van der Waals surface area contributed by atoms with Gasteiger partial charge in [0.2, 0.25) is 0 Å². The highest BCUT2D eigenvalue weighted by atomic mass is 16.6. The number of nitrogens with one attached hydrogen (secondary N) is 1. The molecular formula is C11H16N4O3. The van der Waals surface area contributed by atoms with Gasteiger partial charge in [-0.05, 0) is 26.3 Å². The fourth-order valence-corrected chi connectivity index (χ4v) is 1.42. The number of hydrogen-bond acceptors (Lipinski definition) is 5. The zero-order chi connectivity index (χ0) is 13.5. The first kappa shape index (κ1) is 14.0. The Labute approximate surface area is 105 Å². The van der Waals surface area contributed by atoms with Gasteiger partial charge in [-0.3, -0.25) is 19.9 Å². The van der Waals surface area contributed by atoms with Crippen LogP contribution in [0.5, 0.6) is 0 Å². The van der Waals surface area contributed by atoms with Crippen LogP contribution in [0.4, 0.5) is 5.69 Å². The molecule has 3 N–H and O–H groups in total. The molecule has 0 saturated heterocycles. The molecule has 0 aromatic carbocycles. The number of hydrogen-bond donors (Lipinski definition) is 2. The minimum atomic E-state index is -0.572. The van der Waals surface area contributed by atoms with Crippen molar-refractivity contribution < 1.29 is 9.72 Å². The maximum absolute atomic E-state index is 11.8. The Hall–Kier alpha value is -2.02. The lowest BCUT2D eigenvalue weighted by Crippen LogP contribution is -2.26. The number of amides is 1. The van der Waals surface area contributed by atoms with Gasteiger partial charge in [0.1, 0.15) is 6.20 Å². The van der Waals surface area contributed by atoms with Crippen LogP contribution in [0.2, 0.25) is 0 Å². The lowest BCUT2D eigenvalue weighted by atomic mass is 10.1. The predicted molar refractivity (Wildman–Crippen MR) is 66.3 cm³/mol. The third kappa shape index (κ3) is 3.77. The van der Waals surface area contributed by atoms with Crippen LogP contribution in [-0.4, -0.2) is 28.9 Å². The quantitative estimate of drug-likeness (QED) is 0.441. The summed E-state index contributed by atoms with van der Waals surface area (Å²) in [6.07, 6.45) is 2.75. The van der Waals surface area contributed by atoms with Gasteiger partial charge in [0, 0.05) is 12.6 Å². The van der Waals surface area contributed by atoms with Gasteiger partial charge in [-0.2, -0.15) is 0 Å². The standard InChI is InChI=1S/C11H16N4O3/c1-8-10(6-9(7-14-8)15(17)18)11(16)13-5-3-2-4-12/h6-7H,2-5,12H2,1H3,(H,13,16). The van der Waals surface area contributed by atoms with Gasteiger partial charge in [-0.25, -0.2) is 0 Å². The summed E-state index contributed by atoms with van der Waals surface area (Å²) >= 11 is 0. The van der Waals surface area contributed by atoms with E-state index in [4.69, 9.17) is 5.73 Å². The molecule has 0 radical (unpaired) electrons. The summed E-state index contributed by atoms with van der Waals surface area (Å²) in [6.45, 7) is 2.71. The Balaban J connectivity index is 2.72. The molecule has 0 spiro atoms. The molecule has 0 atom stereocenters. The Kier molecular flexibility index (Phi) is 5.19. The fraction of sp³-hybridized carbons (Fsp3) is 0.455. The van der Waals surface area contributed by atoms with Crippen molar-refractivity contribution in [3.05, 3.63) is 33.6 Å². The first-order valence-electron chi connectivity index (χ1n) is 5.65. The van der Waals surface area contributed by atoms with Crippen molar-refractivity contribution in [3.63, 3.8) is 0 Å². The number of aromatic nitrogens is 1. The molecule has 1 aromatic rings. The molecule has 18 heavy (non-hydrogen) atoms. The van der Waals surface area contributed by atoms with Crippen LogP contribution < -0.4 is 11.1 Å². The summed E-state index contributed by atoms with van der Waals surface area (Å²) < 4.78 is 0. The molecular weight excluding hydrogens is 236 g/mol. The summed E-state index contributed by atoms with van der Waals surface area (Å²) in [5, 5.41) is 13.3. The van der Waals surface area contributed by atoms with Gasteiger partial charge in [0.25, 0.3) is 11.6 Å². The average Bonchev–Trinajstić information content (AvgIpc) is 2.34. The summed E-state index contributed by atoms with van der Waals surface area (Å²) in [7, 11) is 0. The van der Waals surface area contributed by atoms with Gasteiger partial charge < -0.3 is 11.1 Å². The van der Waals surface area contributed by atoms with E-state index >= 15 is 0 Å². The Morgan fingerprint density at radius 3 is 2.89 bits per heavy atom. The number of carbonyl (C=O) groups is 1. The number of carbonyl (C=O) groups excluding carboxylic acids is 1. The average molecular weight is 252 g/mol. The van der Waals surface area contributed by atoms with Crippen LogP contribution in [0.1, 0.15) is 28.9 Å². The van der Waals surface area contributed by atoms with Gasteiger partial charge in [0.05, 0.1) is 16.2 Å². The van der Waals surface area contributed by atoms with Crippen molar-refractivity contribution in [2.45, 2.75) is 19.8 Å². The Morgan fingerprint density at radius 1 is 1.56 bits per heavy atom. The lowest BCUT2D eigenvalue weighted by molar-refractivity contribution is -0.385. The minimum absolute atomic E-state index is 0.187. The van der Waals surface area contributed by atoms with Crippen molar-refractivity contribution in [2.75, 3.05) is 13.1 Å². The SMILES string of the molecule is Cc1ncc([N+](=O)[O-])cc1C(=O)NCCCCN. The molecule has 0 bridgehead atoms. The van der Waals surface area contributed by atoms with E-state index in [2.05, 4.69) is 10.3 Å². The molecule has 1 rings (SSSR count). The highest BCUT2D eigenvalue weighted by Crippen LogP contribution is 2.14. The van der Waals surface area contributed by atoms with Crippen LogP contribution in [-0.2, 0) is 0 Å². The van der Waals surface area contributed by atoms with Gasteiger partial charge in [0.15, 0.2) is 0 Å². The molecule has 0 aliphatic heterocycles. The number of nitro groups is 1. The second-order valence-corrected chi connectivity index (χ2v) is 3.84. The van der Waals surface area contributed by atoms with Crippen LogP contribution in [0.25, 0.3) is 0 Å². The zero-order valence-electron chi connectivity index (χ0n) is 10.2. The highest BCUT2D eigenvalue weighted by molar-refractivity contribution is 5.95. The van der Waals surface area contributed by atoms with Crippen molar-refractivity contribution in [2.24, 2.45) is 5.73 Å². The number of rotatable bonds is 6. The van der Waals surface area contributed by atoms with E-state index in [1.165, 1.54) is 6.07 Å². The molecule has 7 nitrogen and oxygen atoms in total. The zero-order valence-corrected chi connectivity index (χ0v) is 10.2. The van der Waals surface area contributed by atoms with Gasteiger partial charge >= 0.3 is 0 Å². The number of nitrogens with two attached hydrogens (primary N) is 1. The molecule has 0 aliphatic carbocycles. The van der Waals surface area contributed by atoms with Crippen LogP contribution in [0.15, 0.2) is 12.3 Å². The molecule has 0 saturated carbocycles. The molecule has 1 aromatic heterocycles. The molecule has 0 aliphatic rings. The van der Waals surface area contributed by atoms with Crippen LogP contribution >= 0.6 is 0 Å². The highest BCUT2D eigenvalue weighted by Gasteiger charge is 2.15. The second kappa shape index (κ2) is 6.65. The Morgan fingerprint density at radius 2 is 2.28 bits per heavy atom. The van der Waals surface area contributed by atoms with Gasteiger partial charge in [-0.1, -0.05) is 0 Å². The molecule has 1 amide bonds. The number of aryl methyl sites for hydroxylation is 1. The second-order valence-electron chi connectivity index (χ2n) is 3.84.